The number of thiazole rings is 1. The highest BCUT2D eigenvalue weighted by Gasteiger charge is 2.17. The standard InChI is InChI=1S/C13H10ClF2N3S/c14-5-11-18-10-2-1-9(15)12(16)13(10)19(11)4-3-8-6-20-7-17-8/h1-2,6-7H,3-5H2. The average Bonchev–Trinajstić information content (AvgIpc) is 3.07. The SMILES string of the molecule is Fc1ccc2nc(CCl)n(CCc3cscn3)c2c1F. The molecule has 0 atom stereocenters. The first kappa shape index (κ1) is 13.5. The molecule has 0 aliphatic carbocycles. The minimum atomic E-state index is -0.885. The summed E-state index contributed by atoms with van der Waals surface area (Å²) in [7, 11) is 0. The molecular weight excluding hydrogens is 304 g/mol. The van der Waals surface area contributed by atoms with E-state index in [9.17, 15) is 8.78 Å². The Kier molecular flexibility index (Phi) is 3.67. The van der Waals surface area contributed by atoms with Crippen LogP contribution in [-0.2, 0) is 18.8 Å². The van der Waals surface area contributed by atoms with E-state index in [1.807, 2.05) is 5.38 Å². The molecular formula is C13H10ClF2N3S. The van der Waals surface area contributed by atoms with E-state index in [1.54, 1.807) is 10.1 Å². The Balaban J connectivity index is 2.05. The van der Waals surface area contributed by atoms with Crippen LogP contribution in [0.4, 0.5) is 8.78 Å². The van der Waals surface area contributed by atoms with E-state index in [4.69, 9.17) is 11.6 Å². The number of aromatic nitrogens is 3. The van der Waals surface area contributed by atoms with Crippen LogP contribution in [0.5, 0.6) is 0 Å². The fraction of sp³-hybridized carbons (Fsp3) is 0.231. The molecule has 0 spiro atoms. The lowest BCUT2D eigenvalue weighted by molar-refractivity contribution is 0.510. The van der Waals surface area contributed by atoms with Crippen LogP contribution in [0.15, 0.2) is 23.0 Å². The van der Waals surface area contributed by atoms with Crippen molar-refractivity contribution in [1.82, 2.24) is 14.5 Å². The quantitative estimate of drug-likeness (QED) is 0.687. The lowest BCUT2D eigenvalue weighted by atomic mass is 10.2. The molecule has 104 valence electrons. The zero-order valence-electron chi connectivity index (χ0n) is 10.3. The highest BCUT2D eigenvalue weighted by atomic mass is 35.5. The van der Waals surface area contributed by atoms with Crippen LogP contribution < -0.4 is 0 Å². The van der Waals surface area contributed by atoms with E-state index >= 15 is 0 Å². The number of alkyl halides is 1. The molecule has 0 amide bonds. The maximum atomic E-state index is 14.0. The van der Waals surface area contributed by atoms with E-state index in [0.717, 1.165) is 11.8 Å². The summed E-state index contributed by atoms with van der Waals surface area (Å²) < 4.78 is 29.0. The van der Waals surface area contributed by atoms with Gasteiger partial charge in [0, 0.05) is 18.3 Å². The maximum absolute atomic E-state index is 14.0. The summed E-state index contributed by atoms with van der Waals surface area (Å²) in [4.78, 5) is 8.41. The van der Waals surface area contributed by atoms with E-state index in [-0.39, 0.29) is 11.4 Å². The van der Waals surface area contributed by atoms with Crippen molar-refractivity contribution < 1.29 is 8.78 Å². The molecule has 3 rings (SSSR count). The van der Waals surface area contributed by atoms with Crippen LogP contribution in [-0.4, -0.2) is 14.5 Å². The summed E-state index contributed by atoms with van der Waals surface area (Å²) in [6, 6.07) is 2.54. The smallest absolute Gasteiger partial charge is 0.184 e. The molecule has 2 heterocycles. The molecule has 0 aliphatic rings. The molecule has 3 aromatic rings. The zero-order valence-corrected chi connectivity index (χ0v) is 11.9. The number of hydrogen-bond acceptors (Lipinski definition) is 3. The predicted octanol–water partition coefficient (Wildman–Crippen LogP) is 3.75. The number of imidazole rings is 1. The van der Waals surface area contributed by atoms with Crippen molar-refractivity contribution in [3.8, 4) is 0 Å². The summed E-state index contributed by atoms with van der Waals surface area (Å²) in [5.41, 5.74) is 3.23. The van der Waals surface area contributed by atoms with Crippen LogP contribution in [0.1, 0.15) is 11.5 Å². The summed E-state index contributed by atoms with van der Waals surface area (Å²) in [6.07, 6.45) is 0.620. The van der Waals surface area contributed by atoms with Gasteiger partial charge in [-0.1, -0.05) is 0 Å². The highest BCUT2D eigenvalue weighted by molar-refractivity contribution is 7.07. The van der Waals surface area contributed by atoms with E-state index in [2.05, 4.69) is 9.97 Å². The lowest BCUT2D eigenvalue weighted by Gasteiger charge is -2.07. The molecule has 20 heavy (non-hydrogen) atoms. The first-order valence-corrected chi connectivity index (χ1v) is 7.44. The van der Waals surface area contributed by atoms with Crippen molar-refractivity contribution in [3.05, 3.63) is 46.2 Å². The van der Waals surface area contributed by atoms with Gasteiger partial charge in [-0.3, -0.25) is 0 Å². The fourth-order valence-corrected chi connectivity index (χ4v) is 2.93. The van der Waals surface area contributed by atoms with Gasteiger partial charge in [0.1, 0.15) is 11.3 Å². The Morgan fingerprint density at radius 2 is 2.15 bits per heavy atom. The fourth-order valence-electron chi connectivity index (χ4n) is 2.14. The second-order valence-corrected chi connectivity index (χ2v) is 5.26. The molecule has 1 aromatic carbocycles. The van der Waals surface area contributed by atoms with E-state index < -0.39 is 11.6 Å². The molecule has 0 bridgehead atoms. The zero-order chi connectivity index (χ0) is 14.1. The van der Waals surface area contributed by atoms with Crippen molar-refractivity contribution in [3.63, 3.8) is 0 Å². The number of benzene rings is 1. The van der Waals surface area contributed by atoms with Crippen molar-refractivity contribution >= 4 is 34.0 Å². The number of rotatable bonds is 4. The third kappa shape index (κ3) is 2.29. The van der Waals surface area contributed by atoms with Gasteiger partial charge in [0.05, 0.1) is 22.6 Å². The minimum absolute atomic E-state index is 0.146. The van der Waals surface area contributed by atoms with Crippen molar-refractivity contribution in [2.24, 2.45) is 0 Å². The van der Waals surface area contributed by atoms with Gasteiger partial charge in [-0.25, -0.2) is 18.7 Å². The Labute approximate surface area is 122 Å². The van der Waals surface area contributed by atoms with Gasteiger partial charge in [0.15, 0.2) is 11.6 Å². The van der Waals surface area contributed by atoms with Gasteiger partial charge in [-0.2, -0.15) is 0 Å². The van der Waals surface area contributed by atoms with Gasteiger partial charge < -0.3 is 4.57 Å². The second kappa shape index (κ2) is 5.46. The normalized spacial score (nSPS) is 11.3. The summed E-state index contributed by atoms with van der Waals surface area (Å²) in [5.74, 6) is -1.09. The molecule has 0 unspecified atom stereocenters. The van der Waals surface area contributed by atoms with E-state index in [1.165, 1.54) is 17.4 Å². The molecule has 0 N–H and O–H groups in total. The molecule has 0 aliphatic heterocycles. The molecule has 0 saturated carbocycles. The van der Waals surface area contributed by atoms with Crippen molar-refractivity contribution in [2.45, 2.75) is 18.8 Å². The third-order valence-electron chi connectivity index (χ3n) is 3.07. The topological polar surface area (TPSA) is 30.7 Å². The molecule has 0 fully saturated rings. The van der Waals surface area contributed by atoms with Crippen LogP contribution in [0.3, 0.4) is 0 Å². The highest BCUT2D eigenvalue weighted by Crippen LogP contribution is 2.23. The molecule has 0 saturated heterocycles. The number of fused-ring (bicyclic) bond motifs is 1. The first-order valence-electron chi connectivity index (χ1n) is 5.97. The average molecular weight is 314 g/mol. The van der Waals surface area contributed by atoms with Gasteiger partial charge in [0.2, 0.25) is 0 Å². The Morgan fingerprint density at radius 3 is 2.85 bits per heavy atom. The Hall–Kier alpha value is -1.53. The molecule has 0 radical (unpaired) electrons. The largest absolute Gasteiger partial charge is 0.324 e. The molecule has 2 aromatic heterocycles. The lowest BCUT2D eigenvalue weighted by Crippen LogP contribution is -2.06. The van der Waals surface area contributed by atoms with Crippen molar-refractivity contribution in [2.75, 3.05) is 0 Å². The van der Waals surface area contributed by atoms with Crippen molar-refractivity contribution in [1.29, 1.82) is 0 Å². The minimum Gasteiger partial charge on any atom is -0.324 e. The predicted molar refractivity (Wildman–Crippen MR) is 75.0 cm³/mol. The van der Waals surface area contributed by atoms with Gasteiger partial charge in [-0.15, -0.1) is 22.9 Å². The van der Waals surface area contributed by atoms with Crippen LogP contribution in [0, 0.1) is 11.6 Å². The van der Waals surface area contributed by atoms with Crippen LogP contribution >= 0.6 is 22.9 Å². The Morgan fingerprint density at radius 1 is 1.30 bits per heavy atom. The number of nitrogens with zero attached hydrogens (tertiary/aromatic N) is 3. The summed E-state index contributed by atoms with van der Waals surface area (Å²) in [6.45, 7) is 0.461. The molecule has 7 heteroatoms. The van der Waals surface area contributed by atoms with Crippen LogP contribution in [0.2, 0.25) is 0 Å². The second-order valence-electron chi connectivity index (χ2n) is 4.27. The Bertz CT molecular complexity index is 740. The summed E-state index contributed by atoms with van der Waals surface area (Å²) >= 11 is 7.34. The number of aryl methyl sites for hydroxylation is 2. The summed E-state index contributed by atoms with van der Waals surface area (Å²) in [5, 5.41) is 1.93. The van der Waals surface area contributed by atoms with Gasteiger partial charge in [-0.05, 0) is 12.1 Å². The first-order chi connectivity index (χ1) is 9.70. The van der Waals surface area contributed by atoms with Crippen LogP contribution in [0.25, 0.3) is 11.0 Å². The maximum Gasteiger partial charge on any atom is 0.184 e. The van der Waals surface area contributed by atoms with E-state index in [0.29, 0.717) is 24.3 Å². The molecule has 3 nitrogen and oxygen atoms in total. The van der Waals surface area contributed by atoms with Gasteiger partial charge in [0.25, 0.3) is 0 Å². The van der Waals surface area contributed by atoms with Gasteiger partial charge >= 0.3 is 0 Å². The number of halogens is 3. The number of hydrogen-bond donors (Lipinski definition) is 0. The third-order valence-corrected chi connectivity index (χ3v) is 3.95. The monoisotopic (exact) mass is 313 g/mol.